The van der Waals surface area contributed by atoms with E-state index in [4.69, 9.17) is 9.84 Å². The zero-order valence-electron chi connectivity index (χ0n) is 17.0. The van der Waals surface area contributed by atoms with Crippen LogP contribution in [0.1, 0.15) is 5.56 Å². The molecule has 0 fully saturated rings. The largest absolute Gasteiger partial charge is 0.482 e. The zero-order valence-corrected chi connectivity index (χ0v) is 17.0. The molecule has 168 valence electrons. The van der Waals surface area contributed by atoms with Crippen LogP contribution in [-0.2, 0) is 14.4 Å². The molecule has 0 aliphatic carbocycles. The number of nitrogens with one attached hydrogen (secondary N) is 2. The molecule has 2 amide bonds. The number of anilines is 2. The summed E-state index contributed by atoms with van der Waals surface area (Å²) in [5.74, 6) is -4.10. The summed E-state index contributed by atoms with van der Waals surface area (Å²) in [7, 11) is 0. The molecule has 0 spiro atoms. The summed E-state index contributed by atoms with van der Waals surface area (Å²) >= 11 is 0. The number of halogens is 2. The highest BCUT2D eigenvalue weighted by atomic mass is 19.1. The first-order valence-electron chi connectivity index (χ1n) is 9.61. The van der Waals surface area contributed by atoms with Crippen LogP contribution in [0.4, 0.5) is 20.2 Å². The third-order valence-electron chi connectivity index (χ3n) is 4.29. The van der Waals surface area contributed by atoms with Crippen molar-refractivity contribution >= 4 is 35.2 Å². The van der Waals surface area contributed by atoms with Gasteiger partial charge in [0.05, 0.1) is 11.4 Å². The maximum Gasteiger partial charge on any atom is 0.341 e. The van der Waals surface area contributed by atoms with Crippen LogP contribution in [0.15, 0.2) is 78.4 Å². The molecule has 3 N–H and O–H groups in total. The number of benzene rings is 3. The summed E-state index contributed by atoms with van der Waals surface area (Å²) in [5.41, 5.74) is -0.297. The van der Waals surface area contributed by atoms with E-state index in [9.17, 15) is 23.2 Å². The molecule has 0 bridgehead atoms. The summed E-state index contributed by atoms with van der Waals surface area (Å²) in [5, 5.41) is 13.3. The molecule has 7 nitrogen and oxygen atoms in total. The second kappa shape index (κ2) is 10.7. The van der Waals surface area contributed by atoms with Gasteiger partial charge in [0, 0.05) is 0 Å². The van der Waals surface area contributed by atoms with Gasteiger partial charge in [0.1, 0.15) is 23.0 Å². The molecule has 33 heavy (non-hydrogen) atoms. The van der Waals surface area contributed by atoms with E-state index in [0.29, 0.717) is 5.56 Å². The Morgan fingerprint density at radius 2 is 1.27 bits per heavy atom. The fourth-order valence-corrected chi connectivity index (χ4v) is 2.71. The van der Waals surface area contributed by atoms with E-state index < -0.39 is 41.6 Å². The third kappa shape index (κ3) is 6.47. The second-order valence-electron chi connectivity index (χ2n) is 6.68. The van der Waals surface area contributed by atoms with E-state index in [1.165, 1.54) is 66.7 Å². The Morgan fingerprint density at radius 3 is 1.73 bits per heavy atom. The normalized spacial score (nSPS) is 10.1. The van der Waals surface area contributed by atoms with Crippen molar-refractivity contribution in [3.8, 4) is 5.75 Å². The van der Waals surface area contributed by atoms with Crippen LogP contribution in [0.5, 0.6) is 5.75 Å². The Hall–Kier alpha value is -4.53. The highest BCUT2D eigenvalue weighted by molar-refractivity contribution is 6.28. The minimum Gasteiger partial charge on any atom is -0.482 e. The van der Waals surface area contributed by atoms with Crippen molar-refractivity contribution in [2.45, 2.75) is 0 Å². The van der Waals surface area contributed by atoms with Crippen LogP contribution in [0, 0.1) is 11.6 Å². The van der Waals surface area contributed by atoms with Crippen molar-refractivity contribution in [1.82, 2.24) is 0 Å². The monoisotopic (exact) mass is 452 g/mol. The molecule has 3 rings (SSSR count). The van der Waals surface area contributed by atoms with Gasteiger partial charge < -0.3 is 20.5 Å². The number of carboxylic acid groups (broad SMARTS) is 1. The number of hydrogen-bond acceptors (Lipinski definition) is 4. The van der Waals surface area contributed by atoms with E-state index in [0.717, 1.165) is 12.1 Å². The quantitative estimate of drug-likeness (QED) is 0.271. The van der Waals surface area contributed by atoms with Gasteiger partial charge in [-0.05, 0) is 48.0 Å². The average molecular weight is 452 g/mol. The topological polar surface area (TPSA) is 105 Å². The van der Waals surface area contributed by atoms with Crippen LogP contribution in [-0.4, -0.2) is 29.5 Å². The molecule has 0 unspecified atom stereocenters. The van der Waals surface area contributed by atoms with Gasteiger partial charge in [-0.1, -0.05) is 36.4 Å². The minimum atomic E-state index is -1.14. The summed E-state index contributed by atoms with van der Waals surface area (Å²) in [6.07, 6.45) is 1.23. The fraction of sp³-hybridized carbons (Fsp3) is 0.0417. The maximum absolute atomic E-state index is 14.0. The van der Waals surface area contributed by atoms with Crippen LogP contribution < -0.4 is 15.4 Å². The van der Waals surface area contributed by atoms with E-state index >= 15 is 0 Å². The van der Waals surface area contributed by atoms with Gasteiger partial charge in [-0.25, -0.2) is 13.6 Å². The number of hydrogen-bond donors (Lipinski definition) is 3. The number of amides is 2. The molecule has 0 radical (unpaired) electrons. The standard InChI is InChI=1S/C24H18F2N2O5/c25-18-5-1-3-7-20(18)27-23(31)17(24(32)28-21-8-4-2-6-19(21)26)13-15-9-11-16(12-10-15)33-14-22(29)30/h1-13H,14H2,(H,27,31)(H,28,32)(H,29,30). The summed E-state index contributed by atoms with van der Waals surface area (Å²) in [6, 6.07) is 16.8. The SMILES string of the molecule is O=C(O)COc1ccc(C=C(C(=O)Nc2ccccc2F)C(=O)Nc2ccccc2F)cc1. The van der Waals surface area contributed by atoms with Gasteiger partial charge in [0.15, 0.2) is 6.61 Å². The molecule has 0 aromatic heterocycles. The Labute approximate surface area is 187 Å². The smallest absolute Gasteiger partial charge is 0.341 e. The Morgan fingerprint density at radius 1 is 0.788 bits per heavy atom. The lowest BCUT2D eigenvalue weighted by Gasteiger charge is -2.11. The first kappa shape index (κ1) is 23.1. The molecule has 3 aromatic rings. The molecule has 0 saturated carbocycles. The summed E-state index contributed by atoms with van der Waals surface area (Å²) in [6.45, 7) is -0.531. The van der Waals surface area contributed by atoms with Crippen molar-refractivity contribution < 1.29 is 33.0 Å². The number of para-hydroxylation sites is 2. The molecule has 0 aliphatic rings. The van der Waals surface area contributed by atoms with E-state index in [1.807, 2.05) is 0 Å². The highest BCUT2D eigenvalue weighted by Crippen LogP contribution is 2.19. The molecular formula is C24H18F2N2O5. The molecular weight excluding hydrogens is 434 g/mol. The van der Waals surface area contributed by atoms with Crippen LogP contribution in [0.3, 0.4) is 0 Å². The van der Waals surface area contributed by atoms with Gasteiger partial charge in [-0.3, -0.25) is 9.59 Å². The molecule has 3 aromatic carbocycles. The Balaban J connectivity index is 1.89. The molecule has 0 aliphatic heterocycles. The lowest BCUT2D eigenvalue weighted by molar-refractivity contribution is -0.139. The highest BCUT2D eigenvalue weighted by Gasteiger charge is 2.21. The number of carboxylic acids is 1. The number of aliphatic carboxylic acids is 1. The van der Waals surface area contributed by atoms with E-state index in [2.05, 4.69) is 10.6 Å². The predicted molar refractivity (Wildman–Crippen MR) is 118 cm³/mol. The van der Waals surface area contributed by atoms with Crippen molar-refractivity contribution in [2.24, 2.45) is 0 Å². The number of ether oxygens (including phenoxy) is 1. The van der Waals surface area contributed by atoms with Gasteiger partial charge in [0.25, 0.3) is 11.8 Å². The fourth-order valence-electron chi connectivity index (χ4n) is 2.71. The summed E-state index contributed by atoms with van der Waals surface area (Å²) in [4.78, 5) is 36.3. The second-order valence-corrected chi connectivity index (χ2v) is 6.68. The third-order valence-corrected chi connectivity index (χ3v) is 4.29. The zero-order chi connectivity index (χ0) is 23.8. The lowest BCUT2D eigenvalue weighted by atomic mass is 10.1. The number of rotatable bonds is 8. The van der Waals surface area contributed by atoms with E-state index in [-0.39, 0.29) is 17.1 Å². The maximum atomic E-state index is 14.0. The van der Waals surface area contributed by atoms with Crippen molar-refractivity contribution in [3.05, 3.63) is 95.6 Å². The van der Waals surface area contributed by atoms with Gasteiger partial charge in [-0.2, -0.15) is 0 Å². The Kier molecular flexibility index (Phi) is 7.48. The molecule has 0 saturated heterocycles. The summed E-state index contributed by atoms with van der Waals surface area (Å²) < 4.78 is 33.0. The first-order valence-corrected chi connectivity index (χ1v) is 9.61. The number of carbonyl (C=O) groups is 3. The van der Waals surface area contributed by atoms with E-state index in [1.54, 1.807) is 0 Å². The van der Waals surface area contributed by atoms with Crippen molar-refractivity contribution in [3.63, 3.8) is 0 Å². The average Bonchev–Trinajstić information content (AvgIpc) is 2.79. The minimum absolute atomic E-state index is 0.135. The first-order chi connectivity index (χ1) is 15.8. The van der Waals surface area contributed by atoms with Gasteiger partial charge >= 0.3 is 5.97 Å². The van der Waals surface area contributed by atoms with Crippen molar-refractivity contribution in [1.29, 1.82) is 0 Å². The Bertz CT molecular complexity index is 1150. The predicted octanol–water partition coefficient (Wildman–Crippen LogP) is 4.09. The van der Waals surface area contributed by atoms with Gasteiger partial charge in [-0.15, -0.1) is 0 Å². The van der Waals surface area contributed by atoms with Crippen LogP contribution in [0.25, 0.3) is 6.08 Å². The lowest BCUT2D eigenvalue weighted by Crippen LogP contribution is -2.26. The number of carbonyl (C=O) groups excluding carboxylic acids is 2. The van der Waals surface area contributed by atoms with Gasteiger partial charge in [0.2, 0.25) is 0 Å². The van der Waals surface area contributed by atoms with Crippen molar-refractivity contribution in [2.75, 3.05) is 17.2 Å². The van der Waals surface area contributed by atoms with Crippen LogP contribution >= 0.6 is 0 Å². The molecule has 9 heteroatoms. The van der Waals surface area contributed by atoms with Crippen LogP contribution in [0.2, 0.25) is 0 Å². The molecule has 0 atom stereocenters. The molecule has 0 heterocycles.